The minimum Gasteiger partial charge on any atom is -0.454 e. The Morgan fingerprint density at radius 2 is 2.07 bits per heavy atom. The Bertz CT molecular complexity index is 1150. The molecule has 0 radical (unpaired) electrons. The number of thioether (sulfide) groups is 1. The number of carbonyl (C=O) groups excluding carboxylic acids is 1. The maximum atomic E-state index is 12.7. The predicted molar refractivity (Wildman–Crippen MR) is 115 cm³/mol. The molecule has 9 heteroatoms. The number of halogens is 1. The van der Waals surface area contributed by atoms with E-state index in [2.05, 4.69) is 26.2 Å². The Hall–Kier alpha value is -2.52. The van der Waals surface area contributed by atoms with Crippen LogP contribution in [0.4, 0.5) is 0 Å². The quantitative estimate of drug-likeness (QED) is 0.434. The number of carbonyl (C=O) groups is 1. The molecule has 4 rings (SSSR count). The van der Waals surface area contributed by atoms with Crippen molar-refractivity contribution in [3.63, 3.8) is 0 Å². The Kier molecular flexibility index (Phi) is 5.77. The van der Waals surface area contributed by atoms with Crippen LogP contribution in [0, 0.1) is 0 Å². The number of nitrogens with zero attached hydrogens (tertiary/aromatic N) is 2. The van der Waals surface area contributed by atoms with Crippen LogP contribution in [-0.4, -0.2) is 28.0 Å². The van der Waals surface area contributed by atoms with Gasteiger partial charge in [-0.25, -0.2) is 4.98 Å². The van der Waals surface area contributed by atoms with Crippen molar-refractivity contribution in [3.05, 3.63) is 56.8 Å². The molecule has 29 heavy (non-hydrogen) atoms. The highest BCUT2D eigenvalue weighted by molar-refractivity contribution is 9.10. The maximum absolute atomic E-state index is 12.7. The van der Waals surface area contributed by atoms with Crippen LogP contribution < -0.4 is 20.3 Å². The van der Waals surface area contributed by atoms with Crippen molar-refractivity contribution < 1.29 is 14.3 Å². The fourth-order valence-electron chi connectivity index (χ4n) is 2.99. The molecule has 7 nitrogen and oxygen atoms in total. The number of amides is 1. The van der Waals surface area contributed by atoms with E-state index < -0.39 is 0 Å². The SMILES string of the molecule is CCn1c(SCC(=O)NCc2ccc3c(c2)OCO3)nc2ccc(Br)cc2c1=O. The summed E-state index contributed by atoms with van der Waals surface area (Å²) in [4.78, 5) is 29.6. The molecule has 1 aromatic heterocycles. The highest BCUT2D eigenvalue weighted by Gasteiger charge is 2.15. The first-order valence-electron chi connectivity index (χ1n) is 9.03. The van der Waals surface area contributed by atoms with Crippen LogP contribution in [-0.2, 0) is 17.9 Å². The molecule has 1 amide bonds. The van der Waals surface area contributed by atoms with Gasteiger partial charge < -0.3 is 14.8 Å². The molecule has 0 aliphatic carbocycles. The molecule has 0 saturated heterocycles. The molecule has 1 aliphatic rings. The summed E-state index contributed by atoms with van der Waals surface area (Å²) in [5, 5.41) is 3.97. The molecule has 0 unspecified atom stereocenters. The molecule has 2 heterocycles. The van der Waals surface area contributed by atoms with Gasteiger partial charge >= 0.3 is 0 Å². The van der Waals surface area contributed by atoms with Crippen LogP contribution in [0.15, 0.2) is 50.8 Å². The zero-order valence-electron chi connectivity index (χ0n) is 15.6. The zero-order chi connectivity index (χ0) is 20.4. The van der Waals surface area contributed by atoms with Crippen LogP contribution in [0.25, 0.3) is 10.9 Å². The first kappa shape index (κ1) is 19.8. The van der Waals surface area contributed by atoms with Gasteiger partial charge in [-0.15, -0.1) is 0 Å². The number of nitrogens with one attached hydrogen (secondary N) is 1. The van der Waals surface area contributed by atoms with Crippen molar-refractivity contribution >= 4 is 44.5 Å². The number of hydrogen-bond donors (Lipinski definition) is 1. The van der Waals surface area contributed by atoms with Gasteiger partial charge in [-0.3, -0.25) is 14.2 Å². The van der Waals surface area contributed by atoms with Crippen LogP contribution in [0.5, 0.6) is 11.5 Å². The summed E-state index contributed by atoms with van der Waals surface area (Å²) < 4.78 is 13.0. The Morgan fingerprint density at radius 1 is 1.24 bits per heavy atom. The summed E-state index contributed by atoms with van der Waals surface area (Å²) in [7, 11) is 0. The van der Waals surface area contributed by atoms with E-state index in [1.807, 2.05) is 31.2 Å². The van der Waals surface area contributed by atoms with E-state index in [1.165, 1.54) is 11.8 Å². The molecule has 0 atom stereocenters. The van der Waals surface area contributed by atoms with Crippen molar-refractivity contribution in [2.75, 3.05) is 12.5 Å². The number of rotatable bonds is 6. The molecule has 0 fully saturated rings. The molecule has 0 saturated carbocycles. The lowest BCUT2D eigenvalue weighted by atomic mass is 10.2. The van der Waals surface area contributed by atoms with Crippen LogP contribution >= 0.6 is 27.7 Å². The maximum Gasteiger partial charge on any atom is 0.262 e. The summed E-state index contributed by atoms with van der Waals surface area (Å²) in [6.45, 7) is 2.97. The molecule has 0 bridgehead atoms. The van der Waals surface area contributed by atoms with E-state index in [4.69, 9.17) is 9.47 Å². The number of benzene rings is 2. The Balaban J connectivity index is 1.43. The third-order valence-corrected chi connectivity index (χ3v) is 5.93. The van der Waals surface area contributed by atoms with E-state index in [-0.39, 0.29) is 24.0 Å². The highest BCUT2D eigenvalue weighted by atomic mass is 79.9. The van der Waals surface area contributed by atoms with Crippen molar-refractivity contribution in [3.8, 4) is 11.5 Å². The molecule has 1 aliphatic heterocycles. The van der Waals surface area contributed by atoms with Crippen LogP contribution in [0.1, 0.15) is 12.5 Å². The Morgan fingerprint density at radius 3 is 2.90 bits per heavy atom. The molecule has 150 valence electrons. The van der Waals surface area contributed by atoms with E-state index in [0.717, 1.165) is 10.0 Å². The third kappa shape index (κ3) is 4.25. The summed E-state index contributed by atoms with van der Waals surface area (Å²) in [6.07, 6.45) is 0. The minimum absolute atomic E-state index is 0.109. The van der Waals surface area contributed by atoms with E-state index in [9.17, 15) is 9.59 Å². The molecule has 2 aromatic carbocycles. The Labute approximate surface area is 179 Å². The minimum atomic E-state index is -0.138. The number of ether oxygens (including phenoxy) is 2. The van der Waals surface area contributed by atoms with E-state index in [0.29, 0.717) is 40.6 Å². The van der Waals surface area contributed by atoms with Gasteiger partial charge in [0.1, 0.15) is 0 Å². The lowest BCUT2D eigenvalue weighted by Gasteiger charge is -2.11. The lowest BCUT2D eigenvalue weighted by molar-refractivity contribution is -0.118. The smallest absolute Gasteiger partial charge is 0.262 e. The molecular weight excluding hydrogens is 458 g/mol. The average molecular weight is 476 g/mol. The van der Waals surface area contributed by atoms with Gasteiger partial charge in [-0.1, -0.05) is 33.8 Å². The van der Waals surface area contributed by atoms with Gasteiger partial charge in [0.2, 0.25) is 12.7 Å². The van der Waals surface area contributed by atoms with Crippen LogP contribution in [0.2, 0.25) is 0 Å². The molecule has 1 N–H and O–H groups in total. The summed E-state index contributed by atoms with van der Waals surface area (Å²) in [5.41, 5.74) is 1.43. The van der Waals surface area contributed by atoms with E-state index >= 15 is 0 Å². The normalized spacial score (nSPS) is 12.3. The number of hydrogen-bond acceptors (Lipinski definition) is 6. The van der Waals surface area contributed by atoms with Gasteiger partial charge in [0, 0.05) is 17.6 Å². The first-order chi connectivity index (χ1) is 14.0. The second-order valence-electron chi connectivity index (χ2n) is 6.36. The topological polar surface area (TPSA) is 82.5 Å². The zero-order valence-corrected chi connectivity index (χ0v) is 18.0. The van der Waals surface area contributed by atoms with Gasteiger partial charge in [0.05, 0.1) is 16.7 Å². The second-order valence-corrected chi connectivity index (χ2v) is 8.22. The summed E-state index contributed by atoms with van der Waals surface area (Å²) in [5.74, 6) is 1.42. The van der Waals surface area contributed by atoms with Gasteiger partial charge in [-0.05, 0) is 42.8 Å². The van der Waals surface area contributed by atoms with Gasteiger partial charge in [-0.2, -0.15) is 0 Å². The monoisotopic (exact) mass is 475 g/mol. The van der Waals surface area contributed by atoms with E-state index in [1.54, 1.807) is 16.7 Å². The van der Waals surface area contributed by atoms with Crippen LogP contribution in [0.3, 0.4) is 0 Å². The summed E-state index contributed by atoms with van der Waals surface area (Å²) >= 11 is 4.64. The van der Waals surface area contributed by atoms with Gasteiger partial charge in [0.25, 0.3) is 5.56 Å². The molecular formula is C20H18BrN3O4S. The highest BCUT2D eigenvalue weighted by Crippen LogP contribution is 2.32. The standard InChI is InChI=1S/C20H18BrN3O4S/c1-2-24-19(26)14-8-13(21)4-5-15(14)23-20(24)29-10-18(25)22-9-12-3-6-16-17(7-12)28-11-27-16/h3-8H,2,9-11H2,1H3,(H,22,25). The summed E-state index contributed by atoms with van der Waals surface area (Å²) in [6, 6.07) is 11.0. The lowest BCUT2D eigenvalue weighted by Crippen LogP contribution is -2.26. The number of fused-ring (bicyclic) bond motifs is 2. The third-order valence-electron chi connectivity index (χ3n) is 4.46. The molecule has 0 spiro atoms. The fourth-order valence-corrected chi connectivity index (χ4v) is 4.25. The van der Waals surface area contributed by atoms with Crippen molar-refractivity contribution in [2.45, 2.75) is 25.2 Å². The fraction of sp³-hybridized carbons (Fsp3) is 0.250. The second kappa shape index (κ2) is 8.46. The molecule has 3 aromatic rings. The van der Waals surface area contributed by atoms with Crippen molar-refractivity contribution in [2.24, 2.45) is 0 Å². The first-order valence-corrected chi connectivity index (χ1v) is 10.8. The van der Waals surface area contributed by atoms with Crippen molar-refractivity contribution in [1.82, 2.24) is 14.9 Å². The number of aromatic nitrogens is 2. The average Bonchev–Trinajstić information content (AvgIpc) is 3.19. The largest absolute Gasteiger partial charge is 0.454 e. The predicted octanol–water partition coefficient (Wildman–Crippen LogP) is 3.32. The van der Waals surface area contributed by atoms with Gasteiger partial charge in [0.15, 0.2) is 16.7 Å². The van der Waals surface area contributed by atoms with Crippen molar-refractivity contribution in [1.29, 1.82) is 0 Å².